The van der Waals surface area contributed by atoms with Crippen LogP contribution in [0.5, 0.6) is 0 Å². The number of carbonyl (C=O) groups excluding carboxylic acids is 3. The molecule has 0 saturated heterocycles. The minimum Gasteiger partial charge on any atom is -0.480 e. The molecule has 1 aromatic carbocycles. The zero-order chi connectivity index (χ0) is 26.1. The predicted molar refractivity (Wildman–Crippen MR) is 127 cm³/mol. The SMILES string of the molecule is CCC(C)C(NC(=O)C(N)CO)C(=O)NC(CO)C(=O)NC(Cc1c[nH]c2ccccc12)C(=O)O. The van der Waals surface area contributed by atoms with Gasteiger partial charge < -0.3 is 42.0 Å². The smallest absolute Gasteiger partial charge is 0.326 e. The van der Waals surface area contributed by atoms with E-state index in [2.05, 4.69) is 20.9 Å². The lowest BCUT2D eigenvalue weighted by Gasteiger charge is -2.27. The quantitative estimate of drug-likeness (QED) is 0.167. The number of nitrogens with one attached hydrogen (secondary N) is 4. The van der Waals surface area contributed by atoms with Crippen LogP contribution < -0.4 is 21.7 Å². The van der Waals surface area contributed by atoms with Gasteiger partial charge in [-0.2, -0.15) is 0 Å². The van der Waals surface area contributed by atoms with Crippen molar-refractivity contribution in [2.45, 2.75) is 50.9 Å². The van der Waals surface area contributed by atoms with E-state index in [0.717, 1.165) is 10.9 Å². The number of benzene rings is 1. The molecule has 5 atom stereocenters. The largest absolute Gasteiger partial charge is 0.480 e. The molecule has 2 aromatic rings. The predicted octanol–water partition coefficient (Wildman–Crippen LogP) is -1.39. The summed E-state index contributed by atoms with van der Waals surface area (Å²) in [6.07, 6.45) is 2.13. The fourth-order valence-electron chi connectivity index (χ4n) is 3.49. The number of carboxylic acid groups (broad SMARTS) is 1. The van der Waals surface area contributed by atoms with E-state index in [-0.39, 0.29) is 12.3 Å². The number of aromatic nitrogens is 1. The van der Waals surface area contributed by atoms with Gasteiger partial charge in [0.15, 0.2) is 0 Å². The summed E-state index contributed by atoms with van der Waals surface area (Å²) in [6, 6.07) is 2.21. The summed E-state index contributed by atoms with van der Waals surface area (Å²) in [6.45, 7) is 2.08. The van der Waals surface area contributed by atoms with E-state index in [1.54, 1.807) is 20.0 Å². The molecule has 0 aliphatic rings. The van der Waals surface area contributed by atoms with Gasteiger partial charge in [-0.05, 0) is 17.5 Å². The number of H-pyrrole nitrogens is 1. The van der Waals surface area contributed by atoms with Crippen molar-refractivity contribution >= 4 is 34.6 Å². The maximum atomic E-state index is 12.8. The average Bonchev–Trinajstić information content (AvgIpc) is 3.26. The van der Waals surface area contributed by atoms with Gasteiger partial charge in [-0.3, -0.25) is 14.4 Å². The molecule has 3 amide bonds. The van der Waals surface area contributed by atoms with Gasteiger partial charge in [-0.15, -0.1) is 0 Å². The van der Waals surface area contributed by atoms with E-state index >= 15 is 0 Å². The highest BCUT2D eigenvalue weighted by Crippen LogP contribution is 2.19. The van der Waals surface area contributed by atoms with E-state index in [9.17, 15) is 29.4 Å². The van der Waals surface area contributed by atoms with Gasteiger partial charge in [-0.1, -0.05) is 38.5 Å². The van der Waals surface area contributed by atoms with E-state index in [4.69, 9.17) is 10.8 Å². The number of hydrogen-bond donors (Lipinski definition) is 8. The van der Waals surface area contributed by atoms with E-state index in [1.807, 2.05) is 24.3 Å². The summed E-state index contributed by atoms with van der Waals surface area (Å²) in [4.78, 5) is 52.6. The van der Waals surface area contributed by atoms with Crippen molar-refractivity contribution in [1.29, 1.82) is 0 Å². The summed E-state index contributed by atoms with van der Waals surface area (Å²) in [5.74, 6) is -4.04. The van der Waals surface area contributed by atoms with Crippen LogP contribution in [0.1, 0.15) is 25.8 Å². The van der Waals surface area contributed by atoms with Crippen molar-refractivity contribution < 1.29 is 34.5 Å². The summed E-state index contributed by atoms with van der Waals surface area (Å²) in [5.41, 5.74) is 7.00. The first-order chi connectivity index (χ1) is 16.6. The number of rotatable bonds is 13. The van der Waals surface area contributed by atoms with Crippen LogP contribution in [0.25, 0.3) is 10.9 Å². The van der Waals surface area contributed by atoms with Crippen LogP contribution in [0.3, 0.4) is 0 Å². The van der Waals surface area contributed by atoms with Crippen LogP contribution in [0.15, 0.2) is 30.5 Å². The molecule has 192 valence electrons. The summed E-state index contributed by atoms with van der Waals surface area (Å²) >= 11 is 0. The number of aliphatic hydroxyl groups is 2. The van der Waals surface area contributed by atoms with Crippen molar-refractivity contribution in [3.05, 3.63) is 36.0 Å². The molecule has 12 nitrogen and oxygen atoms in total. The lowest BCUT2D eigenvalue weighted by molar-refractivity contribution is -0.142. The maximum Gasteiger partial charge on any atom is 0.326 e. The Kier molecular flexibility index (Phi) is 10.2. The Labute approximate surface area is 202 Å². The molecule has 0 fully saturated rings. The molecule has 1 heterocycles. The molecule has 0 aliphatic carbocycles. The van der Waals surface area contributed by atoms with Gasteiger partial charge >= 0.3 is 5.97 Å². The number of nitrogens with two attached hydrogens (primary N) is 1. The third-order valence-corrected chi connectivity index (χ3v) is 5.86. The second kappa shape index (κ2) is 12.8. The minimum atomic E-state index is -1.46. The Morgan fingerprint density at radius 2 is 1.63 bits per heavy atom. The maximum absolute atomic E-state index is 12.8. The number of para-hydroxylation sites is 1. The van der Waals surface area contributed by atoms with Crippen LogP contribution in [-0.2, 0) is 25.6 Å². The first kappa shape index (κ1) is 27.8. The number of aromatic amines is 1. The molecule has 0 aliphatic heterocycles. The molecule has 2 rings (SSSR count). The number of aliphatic hydroxyl groups excluding tert-OH is 2. The monoisotopic (exact) mass is 491 g/mol. The zero-order valence-corrected chi connectivity index (χ0v) is 19.7. The fourth-order valence-corrected chi connectivity index (χ4v) is 3.49. The molecule has 0 spiro atoms. The van der Waals surface area contributed by atoms with Crippen molar-refractivity contribution in [1.82, 2.24) is 20.9 Å². The number of aliphatic carboxylic acids is 1. The molecule has 5 unspecified atom stereocenters. The normalized spacial score (nSPS) is 15.5. The van der Waals surface area contributed by atoms with E-state index in [0.29, 0.717) is 12.0 Å². The van der Waals surface area contributed by atoms with Crippen LogP contribution in [0, 0.1) is 5.92 Å². The van der Waals surface area contributed by atoms with Gasteiger partial charge in [0.05, 0.1) is 13.2 Å². The Morgan fingerprint density at radius 3 is 2.23 bits per heavy atom. The third-order valence-electron chi connectivity index (χ3n) is 5.86. The lowest BCUT2D eigenvalue weighted by atomic mass is 9.97. The van der Waals surface area contributed by atoms with Gasteiger partial charge in [0.25, 0.3) is 0 Å². The van der Waals surface area contributed by atoms with Crippen molar-refractivity contribution in [2.75, 3.05) is 13.2 Å². The topological polar surface area (TPSA) is 207 Å². The zero-order valence-electron chi connectivity index (χ0n) is 19.7. The highest BCUT2D eigenvalue weighted by atomic mass is 16.4. The van der Waals surface area contributed by atoms with Crippen molar-refractivity contribution in [2.24, 2.45) is 11.7 Å². The summed E-state index contributed by atoms with van der Waals surface area (Å²) in [7, 11) is 0. The van der Waals surface area contributed by atoms with Gasteiger partial charge in [0.2, 0.25) is 17.7 Å². The minimum absolute atomic E-state index is 0.0260. The Morgan fingerprint density at radius 1 is 0.971 bits per heavy atom. The van der Waals surface area contributed by atoms with E-state index < -0.39 is 61.1 Å². The molecule has 0 radical (unpaired) electrons. The first-order valence-electron chi connectivity index (χ1n) is 11.3. The molecular formula is C23H33N5O7. The number of amides is 3. The number of fused-ring (bicyclic) bond motifs is 1. The lowest BCUT2D eigenvalue weighted by Crippen LogP contribution is -2.59. The molecule has 0 bridgehead atoms. The molecular weight excluding hydrogens is 458 g/mol. The highest BCUT2D eigenvalue weighted by Gasteiger charge is 2.32. The summed E-state index contributed by atoms with van der Waals surface area (Å²) < 4.78 is 0. The van der Waals surface area contributed by atoms with Gasteiger partial charge in [0, 0.05) is 23.5 Å². The van der Waals surface area contributed by atoms with Crippen LogP contribution >= 0.6 is 0 Å². The second-order valence-corrected chi connectivity index (χ2v) is 8.37. The van der Waals surface area contributed by atoms with Crippen LogP contribution in [-0.4, -0.2) is 81.4 Å². The van der Waals surface area contributed by atoms with Crippen molar-refractivity contribution in [3.8, 4) is 0 Å². The number of carboxylic acids is 1. The van der Waals surface area contributed by atoms with Crippen LogP contribution in [0.4, 0.5) is 0 Å². The highest BCUT2D eigenvalue weighted by molar-refractivity contribution is 5.94. The molecule has 9 N–H and O–H groups in total. The first-order valence-corrected chi connectivity index (χ1v) is 11.3. The molecule has 0 saturated carbocycles. The molecule has 35 heavy (non-hydrogen) atoms. The number of hydrogen-bond acceptors (Lipinski definition) is 7. The molecule has 12 heteroatoms. The Bertz CT molecular complexity index is 1040. The third kappa shape index (κ3) is 7.25. The fraction of sp³-hybridized carbons (Fsp3) is 0.478. The average molecular weight is 492 g/mol. The molecule has 1 aromatic heterocycles. The Balaban J connectivity index is 2.11. The van der Waals surface area contributed by atoms with Gasteiger partial charge in [-0.25, -0.2) is 4.79 Å². The van der Waals surface area contributed by atoms with Crippen LogP contribution in [0.2, 0.25) is 0 Å². The summed E-state index contributed by atoms with van der Waals surface area (Å²) in [5, 5.41) is 36.4. The van der Waals surface area contributed by atoms with E-state index in [1.165, 1.54) is 0 Å². The van der Waals surface area contributed by atoms with Gasteiger partial charge in [0.1, 0.15) is 24.2 Å². The standard InChI is InChI=1S/C23H33N5O7/c1-3-12(2)19(28-20(31)15(24)10-29)22(33)27-18(11-30)21(32)26-17(23(34)35)8-13-9-25-16-7-5-4-6-14(13)16/h4-7,9,12,15,17-19,25,29-30H,3,8,10-11,24H2,1-2H3,(H,26,32)(H,27,33)(H,28,31)(H,34,35). The number of carbonyl (C=O) groups is 4. The Hall–Kier alpha value is -3.48. The second-order valence-electron chi connectivity index (χ2n) is 8.37. The van der Waals surface area contributed by atoms with Crippen molar-refractivity contribution in [3.63, 3.8) is 0 Å².